The highest BCUT2D eigenvalue weighted by Crippen LogP contribution is 2.22. The highest BCUT2D eigenvalue weighted by molar-refractivity contribution is 5.21. The van der Waals surface area contributed by atoms with Crippen LogP contribution in [-0.2, 0) is 6.42 Å². The van der Waals surface area contributed by atoms with E-state index in [9.17, 15) is 0 Å². The number of aliphatic hydroxyl groups excluding tert-OH is 1. The van der Waals surface area contributed by atoms with Crippen molar-refractivity contribution in [2.45, 2.75) is 20.3 Å². The molecular formula is C11H17NO2. The van der Waals surface area contributed by atoms with Gasteiger partial charge in [-0.15, -0.1) is 0 Å². The topological polar surface area (TPSA) is 42.4 Å². The zero-order valence-corrected chi connectivity index (χ0v) is 8.95. The minimum absolute atomic E-state index is 0.0909. The fraction of sp³-hybridized carbons (Fsp3) is 0.545. The van der Waals surface area contributed by atoms with Crippen LogP contribution < -0.4 is 4.74 Å². The minimum Gasteiger partial charge on any atom is -0.481 e. The first-order valence-corrected chi connectivity index (χ1v) is 4.67. The van der Waals surface area contributed by atoms with E-state index in [-0.39, 0.29) is 12.0 Å². The molecule has 1 aromatic rings. The van der Waals surface area contributed by atoms with E-state index in [1.54, 1.807) is 13.3 Å². The summed E-state index contributed by atoms with van der Waals surface area (Å²) >= 11 is 0. The molecule has 1 N–H and O–H groups in total. The van der Waals surface area contributed by atoms with Crippen molar-refractivity contribution in [1.82, 2.24) is 4.98 Å². The molecule has 0 saturated carbocycles. The first kappa shape index (κ1) is 11.0. The van der Waals surface area contributed by atoms with Crippen LogP contribution in [0.2, 0.25) is 0 Å². The molecule has 0 aromatic carbocycles. The Morgan fingerprint density at radius 1 is 1.50 bits per heavy atom. The van der Waals surface area contributed by atoms with Crippen molar-refractivity contribution >= 4 is 0 Å². The number of pyridine rings is 1. The monoisotopic (exact) mass is 195 g/mol. The third kappa shape index (κ3) is 3.00. The lowest BCUT2D eigenvalue weighted by Gasteiger charge is -2.21. The van der Waals surface area contributed by atoms with E-state index in [1.165, 1.54) is 0 Å². The standard InChI is InChI=1S/C11H17NO2/c1-11(2,8-13)7-9-4-5-12-10(6-9)14-3/h4-6,13H,7-8H2,1-3H3. The number of aromatic nitrogens is 1. The number of methoxy groups -OCH3 is 1. The number of aliphatic hydroxyl groups is 1. The van der Waals surface area contributed by atoms with Crippen molar-refractivity contribution < 1.29 is 9.84 Å². The van der Waals surface area contributed by atoms with E-state index in [0.717, 1.165) is 12.0 Å². The summed E-state index contributed by atoms with van der Waals surface area (Å²) in [5, 5.41) is 9.13. The summed E-state index contributed by atoms with van der Waals surface area (Å²) in [5.74, 6) is 0.622. The molecular weight excluding hydrogens is 178 g/mol. The Morgan fingerprint density at radius 2 is 2.21 bits per heavy atom. The summed E-state index contributed by atoms with van der Waals surface area (Å²) in [6, 6.07) is 3.84. The molecule has 0 atom stereocenters. The Labute approximate surface area is 84.7 Å². The van der Waals surface area contributed by atoms with E-state index in [0.29, 0.717) is 5.88 Å². The smallest absolute Gasteiger partial charge is 0.213 e. The molecule has 1 rings (SSSR count). The van der Waals surface area contributed by atoms with Gasteiger partial charge in [0, 0.05) is 18.9 Å². The molecule has 0 aliphatic heterocycles. The average Bonchev–Trinajstić information content (AvgIpc) is 2.17. The van der Waals surface area contributed by atoms with Gasteiger partial charge in [0.1, 0.15) is 0 Å². The van der Waals surface area contributed by atoms with Gasteiger partial charge < -0.3 is 9.84 Å². The number of rotatable bonds is 4. The predicted molar refractivity (Wildman–Crippen MR) is 55.4 cm³/mol. The maximum absolute atomic E-state index is 9.13. The maximum Gasteiger partial charge on any atom is 0.213 e. The fourth-order valence-corrected chi connectivity index (χ4v) is 1.28. The van der Waals surface area contributed by atoms with Crippen LogP contribution in [0, 0.1) is 5.41 Å². The molecule has 0 fully saturated rings. The Morgan fingerprint density at radius 3 is 2.79 bits per heavy atom. The van der Waals surface area contributed by atoms with Gasteiger partial charge in [-0.2, -0.15) is 0 Å². The van der Waals surface area contributed by atoms with Crippen LogP contribution in [0.15, 0.2) is 18.3 Å². The first-order chi connectivity index (χ1) is 6.57. The van der Waals surface area contributed by atoms with Crippen LogP contribution in [0.4, 0.5) is 0 Å². The molecule has 1 heterocycles. The Hall–Kier alpha value is -1.09. The summed E-state index contributed by atoms with van der Waals surface area (Å²) in [5.41, 5.74) is 1.04. The number of hydrogen-bond donors (Lipinski definition) is 1. The molecule has 1 aromatic heterocycles. The largest absolute Gasteiger partial charge is 0.481 e. The van der Waals surface area contributed by atoms with E-state index >= 15 is 0 Å². The molecule has 0 bridgehead atoms. The molecule has 0 unspecified atom stereocenters. The van der Waals surface area contributed by atoms with Gasteiger partial charge in [0.05, 0.1) is 7.11 Å². The Kier molecular flexibility index (Phi) is 3.47. The van der Waals surface area contributed by atoms with Gasteiger partial charge in [-0.05, 0) is 23.5 Å². The highest BCUT2D eigenvalue weighted by Gasteiger charge is 2.17. The second-order valence-corrected chi connectivity index (χ2v) is 4.21. The second kappa shape index (κ2) is 4.42. The fourth-order valence-electron chi connectivity index (χ4n) is 1.28. The van der Waals surface area contributed by atoms with Crippen molar-refractivity contribution in [1.29, 1.82) is 0 Å². The van der Waals surface area contributed by atoms with Crippen LogP contribution in [0.5, 0.6) is 5.88 Å². The summed E-state index contributed by atoms with van der Waals surface area (Å²) in [4.78, 5) is 4.03. The Balaban J connectivity index is 2.76. The molecule has 0 aliphatic carbocycles. The van der Waals surface area contributed by atoms with Gasteiger partial charge in [0.2, 0.25) is 5.88 Å². The Bertz CT molecular complexity index is 297. The van der Waals surface area contributed by atoms with Crippen molar-refractivity contribution in [3.8, 4) is 5.88 Å². The summed E-state index contributed by atoms with van der Waals surface area (Å²) < 4.78 is 5.03. The van der Waals surface area contributed by atoms with Gasteiger partial charge in [-0.25, -0.2) is 4.98 Å². The molecule has 78 valence electrons. The summed E-state index contributed by atoms with van der Waals surface area (Å²) in [6.45, 7) is 4.23. The molecule has 0 amide bonds. The highest BCUT2D eigenvalue weighted by atomic mass is 16.5. The van der Waals surface area contributed by atoms with E-state index < -0.39 is 0 Å². The van der Waals surface area contributed by atoms with Crippen molar-refractivity contribution in [3.63, 3.8) is 0 Å². The molecule has 3 nitrogen and oxygen atoms in total. The normalized spacial score (nSPS) is 11.4. The lowest BCUT2D eigenvalue weighted by atomic mass is 9.87. The number of hydrogen-bond acceptors (Lipinski definition) is 3. The third-order valence-electron chi connectivity index (χ3n) is 2.12. The van der Waals surface area contributed by atoms with Crippen LogP contribution in [0.1, 0.15) is 19.4 Å². The van der Waals surface area contributed by atoms with E-state index in [2.05, 4.69) is 4.98 Å². The van der Waals surface area contributed by atoms with E-state index in [4.69, 9.17) is 9.84 Å². The van der Waals surface area contributed by atoms with Crippen molar-refractivity contribution in [2.24, 2.45) is 5.41 Å². The number of ether oxygens (including phenoxy) is 1. The minimum atomic E-state index is -0.0909. The predicted octanol–water partition coefficient (Wildman–Crippen LogP) is 1.65. The zero-order valence-electron chi connectivity index (χ0n) is 8.95. The lowest BCUT2D eigenvalue weighted by Crippen LogP contribution is -2.19. The second-order valence-electron chi connectivity index (χ2n) is 4.21. The zero-order chi connectivity index (χ0) is 10.6. The molecule has 14 heavy (non-hydrogen) atoms. The van der Waals surface area contributed by atoms with E-state index in [1.807, 2.05) is 26.0 Å². The van der Waals surface area contributed by atoms with Crippen LogP contribution in [0.25, 0.3) is 0 Å². The third-order valence-corrected chi connectivity index (χ3v) is 2.12. The maximum atomic E-state index is 9.13. The first-order valence-electron chi connectivity index (χ1n) is 4.67. The van der Waals surface area contributed by atoms with Gasteiger partial charge in [0.25, 0.3) is 0 Å². The molecule has 3 heteroatoms. The molecule has 0 aliphatic rings. The van der Waals surface area contributed by atoms with Crippen molar-refractivity contribution in [3.05, 3.63) is 23.9 Å². The summed E-state index contributed by atoms with van der Waals surface area (Å²) in [6.07, 6.45) is 2.55. The average molecular weight is 195 g/mol. The quantitative estimate of drug-likeness (QED) is 0.794. The van der Waals surface area contributed by atoms with Gasteiger partial charge in [-0.3, -0.25) is 0 Å². The molecule has 0 saturated heterocycles. The SMILES string of the molecule is COc1cc(CC(C)(C)CO)ccn1. The van der Waals surface area contributed by atoms with Crippen LogP contribution in [-0.4, -0.2) is 23.8 Å². The lowest BCUT2D eigenvalue weighted by molar-refractivity contribution is 0.159. The summed E-state index contributed by atoms with van der Waals surface area (Å²) in [7, 11) is 1.60. The van der Waals surface area contributed by atoms with Gasteiger partial charge >= 0.3 is 0 Å². The van der Waals surface area contributed by atoms with Crippen molar-refractivity contribution in [2.75, 3.05) is 13.7 Å². The molecule has 0 radical (unpaired) electrons. The van der Waals surface area contributed by atoms with Gasteiger partial charge in [0.15, 0.2) is 0 Å². The molecule has 0 spiro atoms. The van der Waals surface area contributed by atoms with Crippen LogP contribution in [0.3, 0.4) is 0 Å². The van der Waals surface area contributed by atoms with Gasteiger partial charge in [-0.1, -0.05) is 13.8 Å². The number of nitrogens with zero attached hydrogens (tertiary/aromatic N) is 1. The van der Waals surface area contributed by atoms with Crippen LogP contribution >= 0.6 is 0 Å².